The number of furan rings is 1. The molecule has 0 atom stereocenters. The number of esters is 2. The number of aromatic nitrogens is 2. The van der Waals surface area contributed by atoms with Gasteiger partial charge in [0.25, 0.3) is 0 Å². The minimum Gasteiger partial charge on any atom is -0.462 e. The van der Waals surface area contributed by atoms with Gasteiger partial charge in [-0.15, -0.1) is 0 Å². The lowest BCUT2D eigenvalue weighted by atomic mass is 10.0. The standard InChI is InChI=1S/C21H20N4O6/c1-3-29-21(28)16-10(2)31-19-17(16)18(22)24-14(25-19)9-30-20(27)12-4-6-13-11(8-12)5-7-15(26)23-13/h4,6,8H,3,5,7,9H2,1-2H3,(H,23,26)(H2,22,24,25). The predicted molar refractivity (Wildman–Crippen MR) is 109 cm³/mol. The Hall–Kier alpha value is -3.95. The fourth-order valence-corrected chi connectivity index (χ4v) is 3.42. The molecule has 31 heavy (non-hydrogen) atoms. The van der Waals surface area contributed by atoms with Crippen LogP contribution in [0.3, 0.4) is 0 Å². The van der Waals surface area contributed by atoms with E-state index in [4.69, 9.17) is 19.6 Å². The lowest BCUT2D eigenvalue weighted by Gasteiger charge is -2.17. The van der Waals surface area contributed by atoms with Crippen LogP contribution < -0.4 is 11.1 Å². The molecule has 0 aliphatic carbocycles. The van der Waals surface area contributed by atoms with Crippen molar-refractivity contribution in [3.05, 3.63) is 46.5 Å². The van der Waals surface area contributed by atoms with Gasteiger partial charge in [-0.2, -0.15) is 4.98 Å². The highest BCUT2D eigenvalue weighted by Gasteiger charge is 2.24. The molecular weight excluding hydrogens is 404 g/mol. The van der Waals surface area contributed by atoms with Gasteiger partial charge in [0, 0.05) is 12.1 Å². The van der Waals surface area contributed by atoms with Crippen LogP contribution in [-0.4, -0.2) is 34.4 Å². The molecule has 0 spiro atoms. The highest BCUT2D eigenvalue weighted by Crippen LogP contribution is 2.29. The molecule has 0 saturated carbocycles. The third-order valence-corrected chi connectivity index (χ3v) is 4.85. The average molecular weight is 424 g/mol. The van der Waals surface area contributed by atoms with Crippen LogP contribution in [0.5, 0.6) is 0 Å². The summed E-state index contributed by atoms with van der Waals surface area (Å²) in [5.74, 6) is -0.716. The second-order valence-electron chi connectivity index (χ2n) is 6.96. The third kappa shape index (κ3) is 3.91. The van der Waals surface area contributed by atoms with E-state index < -0.39 is 11.9 Å². The van der Waals surface area contributed by atoms with E-state index in [0.717, 1.165) is 5.56 Å². The Balaban J connectivity index is 1.52. The maximum absolute atomic E-state index is 12.5. The SMILES string of the molecule is CCOC(=O)c1c(C)oc2nc(COC(=O)c3ccc4c(c3)CCC(=O)N4)nc(N)c12. The Morgan fingerprint density at radius 2 is 2.00 bits per heavy atom. The lowest BCUT2D eigenvalue weighted by Crippen LogP contribution is -2.19. The van der Waals surface area contributed by atoms with E-state index in [1.54, 1.807) is 32.0 Å². The summed E-state index contributed by atoms with van der Waals surface area (Å²) in [6.07, 6.45) is 0.925. The third-order valence-electron chi connectivity index (χ3n) is 4.85. The number of benzene rings is 1. The molecule has 1 aromatic carbocycles. The number of rotatable bonds is 5. The van der Waals surface area contributed by atoms with E-state index in [1.807, 2.05) is 0 Å². The number of nitrogens with one attached hydrogen (secondary N) is 1. The van der Waals surface area contributed by atoms with E-state index in [1.165, 1.54) is 0 Å². The zero-order valence-electron chi connectivity index (χ0n) is 17.0. The van der Waals surface area contributed by atoms with E-state index >= 15 is 0 Å². The minimum absolute atomic E-state index is 0.0282. The molecule has 0 saturated heterocycles. The van der Waals surface area contributed by atoms with E-state index in [2.05, 4.69) is 15.3 Å². The molecule has 3 aromatic rings. The molecule has 0 unspecified atom stereocenters. The van der Waals surface area contributed by atoms with Gasteiger partial charge < -0.3 is 24.9 Å². The van der Waals surface area contributed by atoms with Gasteiger partial charge in [0.15, 0.2) is 12.4 Å². The summed E-state index contributed by atoms with van der Waals surface area (Å²) in [6.45, 7) is 3.27. The number of carbonyl (C=O) groups excluding carboxylic acids is 3. The number of hydrogen-bond donors (Lipinski definition) is 2. The first-order chi connectivity index (χ1) is 14.9. The van der Waals surface area contributed by atoms with Gasteiger partial charge in [-0.1, -0.05) is 0 Å². The number of ether oxygens (including phenoxy) is 2. The van der Waals surface area contributed by atoms with Crippen LogP contribution in [0.1, 0.15) is 51.2 Å². The minimum atomic E-state index is -0.572. The second kappa shape index (κ2) is 8.05. The maximum Gasteiger partial charge on any atom is 0.342 e. The number of anilines is 2. The van der Waals surface area contributed by atoms with Crippen molar-refractivity contribution < 1.29 is 28.3 Å². The number of amides is 1. The summed E-state index contributed by atoms with van der Waals surface area (Å²) in [4.78, 5) is 44.4. The molecule has 3 heterocycles. The summed E-state index contributed by atoms with van der Waals surface area (Å²) in [7, 11) is 0. The van der Waals surface area contributed by atoms with Crippen molar-refractivity contribution in [2.75, 3.05) is 17.7 Å². The van der Waals surface area contributed by atoms with Gasteiger partial charge in [-0.3, -0.25) is 4.79 Å². The molecule has 1 amide bonds. The quantitative estimate of drug-likeness (QED) is 0.590. The number of nitrogens with two attached hydrogens (primary N) is 1. The summed E-state index contributed by atoms with van der Waals surface area (Å²) in [5.41, 5.74) is 8.22. The van der Waals surface area contributed by atoms with Crippen LogP contribution in [0.15, 0.2) is 22.6 Å². The van der Waals surface area contributed by atoms with E-state index in [0.29, 0.717) is 29.9 Å². The fourth-order valence-electron chi connectivity index (χ4n) is 3.42. The smallest absolute Gasteiger partial charge is 0.342 e. The number of fused-ring (bicyclic) bond motifs is 2. The molecule has 4 rings (SSSR count). The number of aryl methyl sites for hydroxylation is 2. The van der Waals surface area contributed by atoms with E-state index in [-0.39, 0.29) is 47.4 Å². The van der Waals surface area contributed by atoms with Crippen LogP contribution in [-0.2, 0) is 27.3 Å². The highest BCUT2D eigenvalue weighted by atomic mass is 16.5. The normalized spacial score (nSPS) is 12.9. The van der Waals surface area contributed by atoms with Crippen molar-refractivity contribution in [2.45, 2.75) is 33.3 Å². The molecule has 1 aliphatic rings. The molecular formula is C21H20N4O6. The van der Waals surface area contributed by atoms with Crippen molar-refractivity contribution >= 4 is 40.5 Å². The van der Waals surface area contributed by atoms with Crippen molar-refractivity contribution in [1.29, 1.82) is 0 Å². The predicted octanol–water partition coefficient (Wildman–Crippen LogP) is 2.53. The van der Waals surface area contributed by atoms with Crippen LogP contribution in [0.4, 0.5) is 11.5 Å². The van der Waals surface area contributed by atoms with Gasteiger partial charge in [0.2, 0.25) is 11.6 Å². The summed E-state index contributed by atoms with van der Waals surface area (Å²) < 4.78 is 15.9. The van der Waals surface area contributed by atoms with Gasteiger partial charge in [-0.25, -0.2) is 14.6 Å². The van der Waals surface area contributed by atoms with Gasteiger partial charge >= 0.3 is 11.9 Å². The zero-order valence-corrected chi connectivity index (χ0v) is 17.0. The topological polar surface area (TPSA) is 147 Å². The summed E-state index contributed by atoms with van der Waals surface area (Å²) in [6, 6.07) is 4.94. The van der Waals surface area contributed by atoms with Crippen LogP contribution in [0, 0.1) is 6.92 Å². The van der Waals surface area contributed by atoms with Gasteiger partial charge in [-0.05, 0) is 44.0 Å². The van der Waals surface area contributed by atoms with E-state index in [9.17, 15) is 14.4 Å². The second-order valence-corrected chi connectivity index (χ2v) is 6.96. The highest BCUT2D eigenvalue weighted by molar-refractivity contribution is 6.07. The molecule has 0 bridgehead atoms. The molecule has 3 N–H and O–H groups in total. The number of nitrogens with zero attached hydrogens (tertiary/aromatic N) is 2. The maximum atomic E-state index is 12.5. The molecule has 2 aromatic heterocycles. The van der Waals surface area contributed by atoms with Crippen molar-refractivity contribution in [3.63, 3.8) is 0 Å². The monoisotopic (exact) mass is 424 g/mol. The number of hydrogen-bond acceptors (Lipinski definition) is 9. The fraction of sp³-hybridized carbons (Fsp3) is 0.286. The first-order valence-electron chi connectivity index (χ1n) is 9.70. The number of nitrogen functional groups attached to an aromatic ring is 1. The Kier molecular flexibility index (Phi) is 5.28. The Labute approximate surface area is 176 Å². The Bertz CT molecular complexity index is 1220. The molecule has 1 aliphatic heterocycles. The van der Waals surface area contributed by atoms with Crippen LogP contribution in [0.2, 0.25) is 0 Å². The molecule has 10 nitrogen and oxygen atoms in total. The summed E-state index contributed by atoms with van der Waals surface area (Å²) >= 11 is 0. The Morgan fingerprint density at radius 3 is 2.77 bits per heavy atom. The van der Waals surface area contributed by atoms with Crippen molar-refractivity contribution in [3.8, 4) is 0 Å². The first-order valence-corrected chi connectivity index (χ1v) is 9.70. The van der Waals surface area contributed by atoms with Crippen molar-refractivity contribution in [2.24, 2.45) is 0 Å². The van der Waals surface area contributed by atoms with Crippen molar-refractivity contribution in [1.82, 2.24) is 9.97 Å². The number of carbonyl (C=O) groups is 3. The van der Waals surface area contributed by atoms with Crippen LogP contribution in [0.25, 0.3) is 11.1 Å². The van der Waals surface area contributed by atoms with Gasteiger partial charge in [0.1, 0.15) is 17.1 Å². The summed E-state index contributed by atoms with van der Waals surface area (Å²) in [5, 5.41) is 3.03. The molecule has 0 fully saturated rings. The van der Waals surface area contributed by atoms with Gasteiger partial charge in [0.05, 0.1) is 17.6 Å². The molecule has 10 heteroatoms. The largest absolute Gasteiger partial charge is 0.462 e. The molecule has 0 radical (unpaired) electrons. The zero-order chi connectivity index (χ0) is 22.1. The Morgan fingerprint density at radius 1 is 1.19 bits per heavy atom. The molecule has 160 valence electrons. The lowest BCUT2D eigenvalue weighted by molar-refractivity contribution is -0.116. The average Bonchev–Trinajstić information content (AvgIpc) is 3.08. The first kappa shape index (κ1) is 20.3. The van der Waals surface area contributed by atoms with Crippen LogP contribution >= 0.6 is 0 Å².